The van der Waals surface area contributed by atoms with Crippen molar-refractivity contribution < 1.29 is 13.2 Å². The van der Waals surface area contributed by atoms with E-state index >= 15 is 0 Å². The van der Waals surface area contributed by atoms with Crippen LogP contribution in [0, 0.1) is 6.92 Å². The summed E-state index contributed by atoms with van der Waals surface area (Å²) in [6.45, 7) is 8.72. The molecule has 1 aromatic carbocycles. The van der Waals surface area contributed by atoms with Gasteiger partial charge in [0.2, 0.25) is 5.91 Å². The second-order valence-electron chi connectivity index (χ2n) is 6.27. The molecule has 1 aliphatic rings. The number of aryl methyl sites for hydroxylation is 1. The summed E-state index contributed by atoms with van der Waals surface area (Å²) in [5.41, 5.74) is 1.78. The third-order valence-electron chi connectivity index (χ3n) is 4.52. The van der Waals surface area contributed by atoms with Crippen LogP contribution < -0.4 is 5.32 Å². The molecule has 1 aromatic rings. The van der Waals surface area contributed by atoms with Gasteiger partial charge in [-0.05, 0) is 30.7 Å². The number of piperazine rings is 1. The van der Waals surface area contributed by atoms with Gasteiger partial charge >= 0.3 is 0 Å². The summed E-state index contributed by atoms with van der Waals surface area (Å²) < 4.78 is 29.0. The molecule has 0 saturated carbocycles. The van der Waals surface area contributed by atoms with Gasteiger partial charge in [-0.2, -0.15) is 17.0 Å². The Morgan fingerprint density at radius 3 is 2.35 bits per heavy atom. The fourth-order valence-electron chi connectivity index (χ4n) is 2.99. The Kier molecular flexibility index (Phi) is 7.60. The number of anilines is 1. The fourth-order valence-corrected chi connectivity index (χ4v) is 5.07. The van der Waals surface area contributed by atoms with Crippen molar-refractivity contribution in [3.05, 3.63) is 28.2 Å². The highest BCUT2D eigenvalue weighted by atomic mass is 79.9. The van der Waals surface area contributed by atoms with Crippen LogP contribution in [0.4, 0.5) is 5.69 Å². The van der Waals surface area contributed by atoms with E-state index in [4.69, 9.17) is 0 Å². The number of rotatable bonds is 7. The highest BCUT2D eigenvalue weighted by Gasteiger charge is 2.31. The number of hydrogen-bond donors (Lipinski definition) is 1. The lowest BCUT2D eigenvalue weighted by molar-refractivity contribution is -0.117. The summed E-state index contributed by atoms with van der Waals surface area (Å²) in [6.07, 6.45) is 0. The van der Waals surface area contributed by atoms with E-state index in [1.165, 1.54) is 8.61 Å². The van der Waals surface area contributed by atoms with Crippen LogP contribution >= 0.6 is 15.9 Å². The molecule has 0 spiro atoms. The molecule has 0 bridgehead atoms. The molecule has 1 N–H and O–H groups in total. The van der Waals surface area contributed by atoms with E-state index in [2.05, 4.69) is 21.2 Å². The van der Waals surface area contributed by atoms with Crippen molar-refractivity contribution in [3.8, 4) is 0 Å². The maximum atomic E-state index is 12.5. The summed E-state index contributed by atoms with van der Waals surface area (Å²) in [7, 11) is -3.40. The molecule has 0 aromatic heterocycles. The monoisotopic (exact) mass is 446 g/mol. The minimum atomic E-state index is -3.40. The van der Waals surface area contributed by atoms with Gasteiger partial charge in [0, 0.05) is 49.4 Å². The summed E-state index contributed by atoms with van der Waals surface area (Å²) in [5.74, 6) is -0.0875. The van der Waals surface area contributed by atoms with Crippen LogP contribution in [-0.4, -0.2) is 73.6 Å². The van der Waals surface area contributed by atoms with Crippen molar-refractivity contribution in [2.75, 3.05) is 51.1 Å². The van der Waals surface area contributed by atoms with Gasteiger partial charge in [-0.25, -0.2) is 0 Å². The minimum absolute atomic E-state index is 0.0875. The summed E-state index contributed by atoms with van der Waals surface area (Å²) in [6, 6.07) is 5.71. The van der Waals surface area contributed by atoms with Crippen molar-refractivity contribution >= 4 is 37.7 Å². The van der Waals surface area contributed by atoms with E-state index in [-0.39, 0.29) is 12.5 Å². The Morgan fingerprint density at radius 2 is 1.81 bits per heavy atom. The lowest BCUT2D eigenvalue weighted by Gasteiger charge is -2.35. The number of amides is 1. The second-order valence-corrected chi connectivity index (χ2v) is 9.12. The van der Waals surface area contributed by atoms with Crippen molar-refractivity contribution in [1.29, 1.82) is 0 Å². The molecule has 1 saturated heterocycles. The van der Waals surface area contributed by atoms with Crippen LogP contribution in [0.1, 0.15) is 19.4 Å². The molecule has 0 radical (unpaired) electrons. The van der Waals surface area contributed by atoms with Crippen LogP contribution in [0.15, 0.2) is 22.7 Å². The van der Waals surface area contributed by atoms with Crippen LogP contribution in [0.5, 0.6) is 0 Å². The molecule has 0 aliphatic carbocycles. The topological polar surface area (TPSA) is 73.0 Å². The minimum Gasteiger partial charge on any atom is -0.325 e. The number of halogens is 1. The van der Waals surface area contributed by atoms with Gasteiger partial charge in [0.1, 0.15) is 0 Å². The molecule has 146 valence electrons. The first-order valence-electron chi connectivity index (χ1n) is 8.81. The second kappa shape index (κ2) is 9.27. The van der Waals surface area contributed by atoms with Gasteiger partial charge in [0.05, 0.1) is 6.54 Å². The number of carbonyl (C=O) groups is 1. The molecular weight excluding hydrogens is 420 g/mol. The zero-order chi connectivity index (χ0) is 19.3. The first kappa shape index (κ1) is 21.3. The molecular formula is C17H27BrN4O3S. The van der Waals surface area contributed by atoms with Gasteiger partial charge in [0.15, 0.2) is 0 Å². The predicted molar refractivity (Wildman–Crippen MR) is 107 cm³/mol. The average Bonchev–Trinajstić information content (AvgIpc) is 2.59. The standard InChI is InChI=1S/C17H27BrN4O3S/c1-4-21(5-2)26(24,25)22-10-8-20(9-11-22)13-17(23)19-16-7-6-15(18)12-14(16)3/h6-7,12H,4-5,8-11,13H2,1-3H3,(H,19,23). The molecule has 0 unspecified atom stereocenters. The predicted octanol–water partition coefficient (Wildman–Crippen LogP) is 1.90. The number of benzene rings is 1. The van der Waals surface area contributed by atoms with E-state index in [0.29, 0.717) is 39.3 Å². The maximum Gasteiger partial charge on any atom is 0.282 e. The smallest absolute Gasteiger partial charge is 0.282 e. The number of carbonyl (C=O) groups excluding carboxylic acids is 1. The Morgan fingerprint density at radius 1 is 1.19 bits per heavy atom. The first-order chi connectivity index (χ1) is 12.3. The zero-order valence-corrected chi connectivity index (χ0v) is 17.9. The van der Waals surface area contributed by atoms with Crippen molar-refractivity contribution in [2.24, 2.45) is 0 Å². The van der Waals surface area contributed by atoms with Crippen molar-refractivity contribution in [2.45, 2.75) is 20.8 Å². The Hall–Kier alpha value is -1.000. The third kappa shape index (κ3) is 5.26. The Balaban J connectivity index is 1.87. The Bertz CT molecular complexity index is 730. The average molecular weight is 447 g/mol. The third-order valence-corrected chi connectivity index (χ3v) is 7.20. The number of nitrogens with zero attached hydrogens (tertiary/aromatic N) is 3. The molecule has 7 nitrogen and oxygen atoms in total. The molecule has 1 aliphatic heterocycles. The van der Waals surface area contributed by atoms with E-state index in [1.807, 2.05) is 43.9 Å². The van der Waals surface area contributed by atoms with E-state index < -0.39 is 10.2 Å². The highest BCUT2D eigenvalue weighted by molar-refractivity contribution is 9.10. The van der Waals surface area contributed by atoms with E-state index in [0.717, 1.165) is 15.7 Å². The van der Waals surface area contributed by atoms with Gasteiger partial charge in [0.25, 0.3) is 10.2 Å². The molecule has 0 atom stereocenters. The van der Waals surface area contributed by atoms with Gasteiger partial charge in [-0.3, -0.25) is 9.69 Å². The fraction of sp³-hybridized carbons (Fsp3) is 0.588. The molecule has 26 heavy (non-hydrogen) atoms. The van der Waals surface area contributed by atoms with Crippen molar-refractivity contribution in [3.63, 3.8) is 0 Å². The van der Waals surface area contributed by atoms with Crippen LogP contribution in [0.3, 0.4) is 0 Å². The molecule has 1 fully saturated rings. The molecule has 9 heteroatoms. The lowest BCUT2D eigenvalue weighted by Crippen LogP contribution is -2.54. The number of hydrogen-bond acceptors (Lipinski definition) is 4. The van der Waals surface area contributed by atoms with E-state index in [1.54, 1.807) is 0 Å². The van der Waals surface area contributed by atoms with Crippen LogP contribution in [0.25, 0.3) is 0 Å². The van der Waals surface area contributed by atoms with E-state index in [9.17, 15) is 13.2 Å². The first-order valence-corrected chi connectivity index (χ1v) is 11.0. The number of nitrogens with one attached hydrogen (secondary N) is 1. The summed E-state index contributed by atoms with van der Waals surface area (Å²) >= 11 is 3.41. The zero-order valence-electron chi connectivity index (χ0n) is 15.5. The molecule has 2 rings (SSSR count). The summed E-state index contributed by atoms with van der Waals surface area (Å²) in [4.78, 5) is 14.3. The molecule has 1 heterocycles. The summed E-state index contributed by atoms with van der Waals surface area (Å²) in [5, 5.41) is 2.92. The largest absolute Gasteiger partial charge is 0.325 e. The normalized spacial score (nSPS) is 16.8. The highest BCUT2D eigenvalue weighted by Crippen LogP contribution is 2.20. The quantitative estimate of drug-likeness (QED) is 0.693. The molecule has 1 amide bonds. The Labute approximate surface area is 164 Å². The van der Waals surface area contributed by atoms with Crippen LogP contribution in [-0.2, 0) is 15.0 Å². The van der Waals surface area contributed by atoms with Gasteiger partial charge in [-0.1, -0.05) is 29.8 Å². The SMILES string of the molecule is CCN(CC)S(=O)(=O)N1CCN(CC(=O)Nc2ccc(Br)cc2C)CC1. The maximum absolute atomic E-state index is 12.5. The van der Waals surface area contributed by atoms with Crippen molar-refractivity contribution in [1.82, 2.24) is 13.5 Å². The van der Waals surface area contributed by atoms with Gasteiger partial charge < -0.3 is 5.32 Å². The van der Waals surface area contributed by atoms with Crippen LogP contribution in [0.2, 0.25) is 0 Å². The lowest BCUT2D eigenvalue weighted by atomic mass is 10.2. The van der Waals surface area contributed by atoms with Gasteiger partial charge in [-0.15, -0.1) is 0 Å².